The minimum atomic E-state index is -0.112. The van der Waals surface area contributed by atoms with Gasteiger partial charge in [-0.05, 0) is 80.2 Å². The molecule has 1 heterocycles. The minimum absolute atomic E-state index is 0.112. The van der Waals surface area contributed by atoms with Crippen LogP contribution in [0.4, 0.5) is 11.4 Å². The topological polar surface area (TPSA) is 44.8 Å². The first-order chi connectivity index (χ1) is 15.0. The number of carbonyl (C=O) groups excluding carboxylic acids is 1. The van der Waals surface area contributed by atoms with Gasteiger partial charge in [-0.3, -0.25) is 4.79 Å². The summed E-state index contributed by atoms with van der Waals surface area (Å²) in [5.74, 6) is 0.702. The molecule has 0 radical (unpaired) electrons. The summed E-state index contributed by atoms with van der Waals surface area (Å²) < 4.78 is 5.29. The Hall–Kier alpha value is -3.31. The third-order valence-corrected chi connectivity index (χ3v) is 5.93. The van der Waals surface area contributed by atoms with E-state index in [0.29, 0.717) is 11.6 Å². The van der Waals surface area contributed by atoms with E-state index in [9.17, 15) is 4.79 Å². The summed E-state index contributed by atoms with van der Waals surface area (Å²) in [7, 11) is 5.93. The molecule has 160 valence electrons. The van der Waals surface area contributed by atoms with Crippen LogP contribution in [0.5, 0.6) is 5.75 Å². The van der Waals surface area contributed by atoms with Gasteiger partial charge in [-0.2, -0.15) is 0 Å². The Kier molecular flexibility index (Phi) is 6.23. The fraction of sp³-hybridized carbons (Fsp3) is 0.269. The van der Waals surface area contributed by atoms with Crippen molar-refractivity contribution >= 4 is 17.3 Å². The molecular weight excluding hydrogens is 386 g/mol. The molecule has 3 aromatic carbocycles. The molecule has 1 unspecified atom stereocenters. The predicted octanol–water partition coefficient (Wildman–Crippen LogP) is 4.75. The first-order valence-electron chi connectivity index (χ1n) is 10.6. The highest BCUT2D eigenvalue weighted by Crippen LogP contribution is 2.26. The zero-order valence-corrected chi connectivity index (χ0v) is 18.3. The number of nitrogens with zero attached hydrogens (tertiary/aromatic N) is 2. The SMILES string of the molecule is COc1cccc(-c2ccc(C(=O)Nc3ccc(N4CCC(N(C)C)C4)cc3)cc2)c1. The number of rotatable bonds is 6. The van der Waals surface area contributed by atoms with Gasteiger partial charge in [-0.15, -0.1) is 0 Å². The summed E-state index contributed by atoms with van der Waals surface area (Å²) in [4.78, 5) is 17.4. The van der Waals surface area contributed by atoms with Gasteiger partial charge in [-0.25, -0.2) is 0 Å². The van der Waals surface area contributed by atoms with Crippen molar-refractivity contribution in [3.8, 4) is 16.9 Å². The minimum Gasteiger partial charge on any atom is -0.497 e. The molecule has 3 aromatic rings. The Labute approximate surface area is 184 Å². The second kappa shape index (κ2) is 9.23. The van der Waals surface area contributed by atoms with Crippen molar-refractivity contribution in [2.75, 3.05) is 44.5 Å². The molecule has 5 nitrogen and oxygen atoms in total. The second-order valence-electron chi connectivity index (χ2n) is 8.16. The fourth-order valence-corrected chi connectivity index (χ4v) is 3.97. The van der Waals surface area contributed by atoms with Crippen LogP contribution in [0.15, 0.2) is 72.8 Å². The number of hydrogen-bond acceptors (Lipinski definition) is 4. The summed E-state index contributed by atoms with van der Waals surface area (Å²) in [6.07, 6.45) is 1.18. The van der Waals surface area contributed by atoms with E-state index in [0.717, 1.165) is 35.7 Å². The largest absolute Gasteiger partial charge is 0.497 e. The highest BCUT2D eigenvalue weighted by atomic mass is 16.5. The second-order valence-corrected chi connectivity index (χ2v) is 8.16. The van der Waals surface area contributed by atoms with Crippen molar-refractivity contribution < 1.29 is 9.53 Å². The van der Waals surface area contributed by atoms with Gasteiger partial charge in [0.2, 0.25) is 0 Å². The van der Waals surface area contributed by atoms with Crippen LogP contribution in [0.1, 0.15) is 16.8 Å². The molecule has 4 rings (SSSR count). The van der Waals surface area contributed by atoms with Gasteiger partial charge >= 0.3 is 0 Å². The van der Waals surface area contributed by atoms with Gasteiger partial charge in [0.05, 0.1) is 7.11 Å². The number of carbonyl (C=O) groups is 1. The van der Waals surface area contributed by atoms with Crippen molar-refractivity contribution in [1.82, 2.24) is 4.90 Å². The number of hydrogen-bond donors (Lipinski definition) is 1. The Morgan fingerprint density at radius 3 is 2.39 bits per heavy atom. The van der Waals surface area contributed by atoms with E-state index in [1.807, 2.05) is 60.7 Å². The molecule has 1 atom stereocenters. The molecular formula is C26H29N3O2. The van der Waals surface area contributed by atoms with Gasteiger partial charge in [0.25, 0.3) is 5.91 Å². The summed E-state index contributed by atoms with van der Waals surface area (Å²) in [6, 6.07) is 24.2. The number of likely N-dealkylation sites (N-methyl/N-ethyl adjacent to an activating group) is 1. The molecule has 31 heavy (non-hydrogen) atoms. The fourth-order valence-electron chi connectivity index (χ4n) is 3.97. The van der Waals surface area contributed by atoms with E-state index in [4.69, 9.17) is 4.74 Å². The average Bonchev–Trinajstić information content (AvgIpc) is 3.30. The van der Waals surface area contributed by atoms with Gasteiger partial charge in [0.1, 0.15) is 5.75 Å². The van der Waals surface area contributed by atoms with Crippen molar-refractivity contribution in [2.24, 2.45) is 0 Å². The van der Waals surface area contributed by atoms with Crippen molar-refractivity contribution in [1.29, 1.82) is 0 Å². The monoisotopic (exact) mass is 415 g/mol. The lowest BCUT2D eigenvalue weighted by Gasteiger charge is -2.22. The molecule has 1 saturated heterocycles. The maximum Gasteiger partial charge on any atom is 0.255 e. The number of benzene rings is 3. The lowest BCUT2D eigenvalue weighted by atomic mass is 10.0. The Balaban J connectivity index is 1.39. The Morgan fingerprint density at radius 2 is 1.74 bits per heavy atom. The van der Waals surface area contributed by atoms with E-state index < -0.39 is 0 Å². The van der Waals surface area contributed by atoms with Gasteiger partial charge in [0, 0.05) is 36.1 Å². The van der Waals surface area contributed by atoms with Crippen LogP contribution < -0.4 is 15.0 Å². The molecule has 0 spiro atoms. The van der Waals surface area contributed by atoms with Crippen LogP contribution in [0.25, 0.3) is 11.1 Å². The maximum absolute atomic E-state index is 12.7. The smallest absolute Gasteiger partial charge is 0.255 e. The molecule has 1 amide bonds. The quantitative estimate of drug-likeness (QED) is 0.631. The van der Waals surface area contributed by atoms with Crippen LogP contribution in [0.2, 0.25) is 0 Å². The van der Waals surface area contributed by atoms with E-state index in [1.54, 1.807) is 7.11 Å². The van der Waals surface area contributed by atoms with Crippen LogP contribution in [0, 0.1) is 0 Å². The Morgan fingerprint density at radius 1 is 1.00 bits per heavy atom. The summed E-state index contributed by atoms with van der Waals surface area (Å²) >= 11 is 0. The first kappa shape index (κ1) is 20.9. The lowest BCUT2D eigenvalue weighted by Crippen LogP contribution is -2.31. The molecule has 1 fully saturated rings. The number of anilines is 2. The molecule has 1 aliphatic rings. The lowest BCUT2D eigenvalue weighted by molar-refractivity contribution is 0.102. The van der Waals surface area contributed by atoms with Crippen molar-refractivity contribution in [3.63, 3.8) is 0 Å². The molecule has 0 bridgehead atoms. The van der Waals surface area contributed by atoms with E-state index in [2.05, 4.69) is 41.3 Å². The van der Waals surface area contributed by atoms with Crippen LogP contribution in [-0.2, 0) is 0 Å². The number of amides is 1. The Bertz CT molecular complexity index is 1030. The summed E-state index contributed by atoms with van der Waals surface area (Å²) in [6.45, 7) is 2.10. The van der Waals surface area contributed by atoms with Crippen LogP contribution >= 0.6 is 0 Å². The zero-order valence-electron chi connectivity index (χ0n) is 18.3. The third kappa shape index (κ3) is 4.89. The van der Waals surface area contributed by atoms with Gasteiger partial charge in [0.15, 0.2) is 0 Å². The van der Waals surface area contributed by atoms with Gasteiger partial charge < -0.3 is 19.9 Å². The molecule has 0 aromatic heterocycles. The zero-order chi connectivity index (χ0) is 21.8. The average molecular weight is 416 g/mol. The van der Waals surface area contributed by atoms with Crippen molar-refractivity contribution in [2.45, 2.75) is 12.5 Å². The molecule has 1 aliphatic heterocycles. The number of ether oxygens (including phenoxy) is 1. The third-order valence-electron chi connectivity index (χ3n) is 5.93. The molecule has 1 N–H and O–H groups in total. The van der Waals surface area contributed by atoms with Gasteiger partial charge in [-0.1, -0.05) is 24.3 Å². The summed E-state index contributed by atoms with van der Waals surface area (Å²) in [5.41, 5.74) is 4.73. The van der Waals surface area contributed by atoms with Crippen LogP contribution in [-0.4, -0.2) is 51.1 Å². The molecule has 0 aliphatic carbocycles. The van der Waals surface area contributed by atoms with E-state index in [-0.39, 0.29) is 5.91 Å². The highest BCUT2D eigenvalue weighted by molar-refractivity contribution is 6.04. The highest BCUT2D eigenvalue weighted by Gasteiger charge is 2.23. The van der Waals surface area contributed by atoms with Crippen LogP contribution in [0.3, 0.4) is 0 Å². The van der Waals surface area contributed by atoms with E-state index in [1.165, 1.54) is 12.1 Å². The molecule has 5 heteroatoms. The summed E-state index contributed by atoms with van der Waals surface area (Å²) in [5, 5.41) is 2.99. The standard InChI is InChI=1S/C26H29N3O2/c1-28(2)24-15-16-29(18-24)23-13-11-22(12-14-23)27-26(30)20-9-7-19(8-10-20)21-5-4-6-25(17-21)31-3/h4-14,17,24H,15-16,18H2,1-3H3,(H,27,30). The van der Waals surface area contributed by atoms with Crippen molar-refractivity contribution in [3.05, 3.63) is 78.4 Å². The predicted molar refractivity (Wildman–Crippen MR) is 127 cm³/mol. The number of nitrogens with one attached hydrogen (secondary N) is 1. The first-order valence-corrected chi connectivity index (χ1v) is 10.6. The normalized spacial score (nSPS) is 15.9. The number of methoxy groups -OCH3 is 1. The van der Waals surface area contributed by atoms with E-state index >= 15 is 0 Å². The molecule has 0 saturated carbocycles. The maximum atomic E-state index is 12.7.